The van der Waals surface area contributed by atoms with Crippen LogP contribution >= 0.6 is 15.9 Å². The van der Waals surface area contributed by atoms with Crippen molar-refractivity contribution < 1.29 is 33.8 Å². The zero-order valence-corrected chi connectivity index (χ0v) is 20.8. The Hall–Kier alpha value is -3.79. The highest BCUT2D eigenvalue weighted by atomic mass is 79.9. The lowest BCUT2D eigenvalue weighted by molar-refractivity contribution is -0.132. The first-order chi connectivity index (χ1) is 16.8. The topological polar surface area (TPSA) is 122 Å². The SMILES string of the molecule is CCCOc1ccc(C(O)=C2C(=O)C(=O)N(c3cc(C)on3)C2c2cc(Br)c(O)c(OC)c2)cc1. The number of halogens is 1. The Morgan fingerprint density at radius 1 is 1.20 bits per heavy atom. The van der Waals surface area contributed by atoms with Crippen LogP contribution < -0.4 is 14.4 Å². The molecule has 2 aromatic carbocycles. The minimum atomic E-state index is -1.07. The molecule has 4 rings (SSSR count). The van der Waals surface area contributed by atoms with Crippen molar-refractivity contribution in [1.29, 1.82) is 0 Å². The van der Waals surface area contributed by atoms with Crippen LogP contribution in [0.5, 0.6) is 17.2 Å². The van der Waals surface area contributed by atoms with Crippen LogP contribution in [-0.4, -0.2) is 40.8 Å². The number of hydrogen-bond acceptors (Lipinski definition) is 8. The molecular formula is C25H23BrN2O7. The third-order valence-corrected chi connectivity index (χ3v) is 6.10. The summed E-state index contributed by atoms with van der Waals surface area (Å²) in [5.41, 5.74) is 0.589. The summed E-state index contributed by atoms with van der Waals surface area (Å²) in [7, 11) is 1.38. The van der Waals surface area contributed by atoms with E-state index in [1.165, 1.54) is 19.2 Å². The summed E-state index contributed by atoms with van der Waals surface area (Å²) in [4.78, 5) is 27.5. The summed E-state index contributed by atoms with van der Waals surface area (Å²) >= 11 is 3.28. The smallest absolute Gasteiger partial charge is 0.301 e. The summed E-state index contributed by atoms with van der Waals surface area (Å²) in [6, 6.07) is 10.1. The number of amides is 1. The van der Waals surface area contributed by atoms with E-state index in [1.807, 2.05) is 6.92 Å². The van der Waals surface area contributed by atoms with E-state index >= 15 is 0 Å². The maximum atomic E-state index is 13.2. The molecule has 1 aliphatic heterocycles. The molecule has 1 saturated heterocycles. The van der Waals surface area contributed by atoms with E-state index in [-0.39, 0.29) is 33.1 Å². The quantitative estimate of drug-likeness (QED) is 0.246. The first kappa shape index (κ1) is 24.3. The monoisotopic (exact) mass is 542 g/mol. The van der Waals surface area contributed by atoms with E-state index in [0.717, 1.165) is 11.3 Å². The Bertz CT molecular complexity index is 1310. The molecule has 9 nitrogen and oxygen atoms in total. The van der Waals surface area contributed by atoms with E-state index in [4.69, 9.17) is 14.0 Å². The molecule has 1 amide bonds. The van der Waals surface area contributed by atoms with Gasteiger partial charge in [-0.1, -0.05) is 12.1 Å². The number of rotatable bonds is 7. The predicted molar refractivity (Wildman–Crippen MR) is 131 cm³/mol. The minimum absolute atomic E-state index is 0.111. The number of aryl methyl sites for hydroxylation is 1. The number of aliphatic hydroxyl groups is 1. The van der Waals surface area contributed by atoms with Gasteiger partial charge in [-0.3, -0.25) is 14.5 Å². The van der Waals surface area contributed by atoms with E-state index in [0.29, 0.717) is 29.2 Å². The van der Waals surface area contributed by atoms with Crippen molar-refractivity contribution in [1.82, 2.24) is 5.16 Å². The third kappa shape index (κ3) is 4.49. The van der Waals surface area contributed by atoms with Crippen LogP contribution in [0.4, 0.5) is 5.82 Å². The summed E-state index contributed by atoms with van der Waals surface area (Å²) in [6.07, 6.45) is 0.846. The Kier molecular flexibility index (Phi) is 6.83. The number of hydrogen-bond donors (Lipinski definition) is 2. The van der Waals surface area contributed by atoms with Gasteiger partial charge in [-0.25, -0.2) is 0 Å². The van der Waals surface area contributed by atoms with Gasteiger partial charge in [-0.15, -0.1) is 0 Å². The van der Waals surface area contributed by atoms with Crippen molar-refractivity contribution in [2.24, 2.45) is 0 Å². The molecule has 0 bridgehead atoms. The first-order valence-corrected chi connectivity index (χ1v) is 11.6. The number of carbonyl (C=O) groups is 2. The van der Waals surface area contributed by atoms with Crippen molar-refractivity contribution in [3.05, 3.63) is 69.4 Å². The Morgan fingerprint density at radius 2 is 1.91 bits per heavy atom. The highest BCUT2D eigenvalue weighted by molar-refractivity contribution is 9.10. The number of benzene rings is 2. The van der Waals surface area contributed by atoms with Crippen LogP contribution in [0.3, 0.4) is 0 Å². The predicted octanol–water partition coefficient (Wildman–Crippen LogP) is 4.87. The molecule has 2 heterocycles. The van der Waals surface area contributed by atoms with Crippen LogP contribution in [0.15, 0.2) is 57.0 Å². The molecule has 2 N–H and O–H groups in total. The number of ketones is 1. The summed E-state index contributed by atoms with van der Waals surface area (Å²) < 4.78 is 16.3. The molecule has 1 aliphatic rings. The molecule has 0 spiro atoms. The summed E-state index contributed by atoms with van der Waals surface area (Å²) in [5.74, 6) is -0.986. The highest BCUT2D eigenvalue weighted by Gasteiger charge is 2.48. The second-order valence-corrected chi connectivity index (χ2v) is 8.75. The van der Waals surface area contributed by atoms with Crippen molar-refractivity contribution in [3.63, 3.8) is 0 Å². The lowest BCUT2D eigenvalue weighted by Gasteiger charge is -2.23. The fourth-order valence-corrected chi connectivity index (χ4v) is 4.30. The molecule has 35 heavy (non-hydrogen) atoms. The van der Waals surface area contributed by atoms with Crippen molar-refractivity contribution in [3.8, 4) is 17.2 Å². The number of nitrogens with zero attached hydrogens (tertiary/aromatic N) is 2. The van der Waals surface area contributed by atoms with E-state index < -0.39 is 17.7 Å². The molecule has 3 aromatic rings. The van der Waals surface area contributed by atoms with Gasteiger partial charge in [0.15, 0.2) is 17.3 Å². The Labute approximate surface area is 209 Å². The fourth-order valence-electron chi connectivity index (χ4n) is 3.84. The molecule has 1 fully saturated rings. The van der Waals surface area contributed by atoms with Gasteiger partial charge in [0, 0.05) is 11.6 Å². The van der Waals surface area contributed by atoms with Gasteiger partial charge in [0.25, 0.3) is 5.78 Å². The largest absolute Gasteiger partial charge is 0.507 e. The number of Topliss-reactive ketones (excluding diaryl/α,β-unsaturated/α-hetero) is 1. The van der Waals surface area contributed by atoms with Crippen LogP contribution in [0.2, 0.25) is 0 Å². The van der Waals surface area contributed by atoms with Gasteiger partial charge in [0.05, 0.1) is 29.8 Å². The molecule has 182 valence electrons. The second-order valence-electron chi connectivity index (χ2n) is 7.89. The standard InChI is InChI=1S/C25H23BrN2O7/c1-4-9-34-16-7-5-14(6-8-16)22(29)20-21(15-11-17(26)23(30)18(12-15)33-3)28(25(32)24(20)31)19-10-13(2)35-27-19/h5-8,10-12,21,29-30H,4,9H2,1-3H3. The molecule has 1 aromatic heterocycles. The van der Waals surface area contributed by atoms with Gasteiger partial charge in [0.2, 0.25) is 0 Å². The average molecular weight is 543 g/mol. The van der Waals surface area contributed by atoms with Crippen molar-refractivity contribution >= 4 is 39.2 Å². The van der Waals surface area contributed by atoms with Crippen molar-refractivity contribution in [2.45, 2.75) is 26.3 Å². The van der Waals surface area contributed by atoms with Crippen molar-refractivity contribution in [2.75, 3.05) is 18.6 Å². The zero-order chi connectivity index (χ0) is 25.3. The normalized spacial score (nSPS) is 17.1. The molecular weight excluding hydrogens is 520 g/mol. The number of ether oxygens (including phenoxy) is 2. The number of methoxy groups -OCH3 is 1. The minimum Gasteiger partial charge on any atom is -0.507 e. The number of phenols is 1. The van der Waals surface area contributed by atoms with Crippen LogP contribution in [0, 0.1) is 6.92 Å². The van der Waals surface area contributed by atoms with Crippen LogP contribution in [0.25, 0.3) is 5.76 Å². The number of phenolic OH excluding ortho intramolecular Hbond substituents is 1. The maximum absolute atomic E-state index is 13.2. The van der Waals surface area contributed by atoms with Gasteiger partial charge in [-0.2, -0.15) is 0 Å². The summed E-state index contributed by atoms with van der Waals surface area (Å²) in [5, 5.41) is 25.4. The third-order valence-electron chi connectivity index (χ3n) is 5.49. The van der Waals surface area contributed by atoms with Gasteiger partial charge >= 0.3 is 5.91 Å². The molecule has 0 radical (unpaired) electrons. The molecule has 0 aliphatic carbocycles. The number of carbonyl (C=O) groups excluding carboxylic acids is 2. The number of aromatic nitrogens is 1. The zero-order valence-electron chi connectivity index (χ0n) is 19.2. The van der Waals surface area contributed by atoms with E-state index in [9.17, 15) is 19.8 Å². The maximum Gasteiger partial charge on any atom is 0.301 e. The molecule has 1 atom stereocenters. The second kappa shape index (κ2) is 9.83. The van der Waals surface area contributed by atoms with E-state index in [2.05, 4.69) is 21.1 Å². The Balaban J connectivity index is 1.90. The fraction of sp³-hybridized carbons (Fsp3) is 0.240. The lowest BCUT2D eigenvalue weighted by atomic mass is 9.95. The first-order valence-electron chi connectivity index (χ1n) is 10.8. The number of aliphatic hydroxyl groups excluding tert-OH is 1. The number of anilines is 1. The van der Waals surface area contributed by atoms with Gasteiger partial charge < -0.3 is 24.2 Å². The molecule has 1 unspecified atom stereocenters. The molecule has 10 heteroatoms. The lowest BCUT2D eigenvalue weighted by Crippen LogP contribution is -2.29. The Morgan fingerprint density at radius 3 is 2.51 bits per heavy atom. The summed E-state index contributed by atoms with van der Waals surface area (Å²) in [6.45, 7) is 4.20. The molecule has 0 saturated carbocycles. The van der Waals surface area contributed by atoms with Gasteiger partial charge in [-0.05, 0) is 71.2 Å². The van der Waals surface area contributed by atoms with E-state index in [1.54, 1.807) is 37.3 Å². The highest BCUT2D eigenvalue weighted by Crippen LogP contribution is 2.45. The van der Waals surface area contributed by atoms with Crippen LogP contribution in [0.1, 0.15) is 36.3 Å². The van der Waals surface area contributed by atoms with Crippen LogP contribution in [-0.2, 0) is 9.59 Å². The van der Waals surface area contributed by atoms with Gasteiger partial charge in [0.1, 0.15) is 17.3 Å². The number of aromatic hydroxyl groups is 1. The average Bonchev–Trinajstić information content (AvgIpc) is 3.39.